The van der Waals surface area contributed by atoms with Gasteiger partial charge in [0.05, 0.1) is 6.04 Å². The van der Waals surface area contributed by atoms with Crippen molar-refractivity contribution < 1.29 is 27.5 Å². The maximum atomic E-state index is 13.4. The highest BCUT2D eigenvalue weighted by Gasteiger charge is 2.29. The zero-order valence-corrected chi connectivity index (χ0v) is 11.6. The number of hydrogen-bond acceptors (Lipinski definition) is 4. The summed E-state index contributed by atoms with van der Waals surface area (Å²) in [7, 11) is 0. The molecular weight excluding hydrogens is 301 g/mol. The standard InChI is InChI=1S/C14H15F3N2O3/c15-8-1-2-9(16)13(12(8)17)22-6-11(20)10(18)5-7-3-4-19-14(7)21/h1-2,7,10H,3-6,18H2,(H,19,21)/t7?,10-/m0/s1. The van der Waals surface area contributed by atoms with Gasteiger partial charge in [-0.05, 0) is 25.0 Å². The Labute approximate surface area is 124 Å². The van der Waals surface area contributed by atoms with E-state index in [-0.39, 0.29) is 18.2 Å². The monoisotopic (exact) mass is 316 g/mol. The molecule has 1 aliphatic rings. The number of halogens is 3. The molecule has 3 N–H and O–H groups in total. The predicted octanol–water partition coefficient (Wildman–Crippen LogP) is 0.905. The van der Waals surface area contributed by atoms with Gasteiger partial charge in [0, 0.05) is 12.5 Å². The van der Waals surface area contributed by atoms with E-state index in [1.165, 1.54) is 0 Å². The number of nitrogens with two attached hydrogens (primary N) is 1. The first kappa shape index (κ1) is 16.3. The lowest BCUT2D eigenvalue weighted by Crippen LogP contribution is -2.37. The van der Waals surface area contributed by atoms with Crippen LogP contribution in [0, 0.1) is 23.4 Å². The van der Waals surface area contributed by atoms with Gasteiger partial charge in [0.2, 0.25) is 11.7 Å². The minimum atomic E-state index is -1.50. The lowest BCUT2D eigenvalue weighted by Gasteiger charge is -2.14. The number of carbonyl (C=O) groups is 2. The van der Waals surface area contributed by atoms with Crippen LogP contribution in [0.2, 0.25) is 0 Å². The van der Waals surface area contributed by atoms with Crippen LogP contribution in [-0.2, 0) is 9.59 Å². The first-order chi connectivity index (χ1) is 10.4. The van der Waals surface area contributed by atoms with Crippen molar-refractivity contribution in [3.05, 3.63) is 29.6 Å². The van der Waals surface area contributed by atoms with E-state index in [1.807, 2.05) is 0 Å². The van der Waals surface area contributed by atoms with Crippen molar-refractivity contribution in [1.82, 2.24) is 5.32 Å². The molecule has 0 aromatic heterocycles. The number of amides is 1. The van der Waals surface area contributed by atoms with E-state index < -0.39 is 41.6 Å². The van der Waals surface area contributed by atoms with E-state index in [9.17, 15) is 22.8 Å². The van der Waals surface area contributed by atoms with Crippen LogP contribution in [0.3, 0.4) is 0 Å². The summed E-state index contributed by atoms with van der Waals surface area (Å²) in [6, 6.07) is 0.318. The molecule has 1 fully saturated rings. The Morgan fingerprint density at radius 2 is 2.05 bits per heavy atom. The third-order valence-corrected chi connectivity index (χ3v) is 3.48. The topological polar surface area (TPSA) is 81.4 Å². The fourth-order valence-corrected chi connectivity index (χ4v) is 2.20. The highest BCUT2D eigenvalue weighted by molar-refractivity contribution is 5.87. The number of ether oxygens (including phenoxy) is 1. The fourth-order valence-electron chi connectivity index (χ4n) is 2.20. The second kappa shape index (κ2) is 6.78. The largest absolute Gasteiger partial charge is 0.480 e. The molecule has 1 amide bonds. The van der Waals surface area contributed by atoms with Crippen LogP contribution < -0.4 is 15.8 Å². The van der Waals surface area contributed by atoms with Gasteiger partial charge in [-0.3, -0.25) is 9.59 Å². The SMILES string of the molecule is N[C@@H](CC1CCNC1=O)C(=O)COc1c(F)ccc(F)c1F. The minimum absolute atomic E-state index is 0.127. The Morgan fingerprint density at radius 1 is 1.36 bits per heavy atom. The van der Waals surface area contributed by atoms with Crippen molar-refractivity contribution in [3.63, 3.8) is 0 Å². The molecule has 0 spiro atoms. The molecule has 2 atom stereocenters. The summed E-state index contributed by atoms with van der Waals surface area (Å²) in [4.78, 5) is 23.2. The zero-order valence-electron chi connectivity index (χ0n) is 11.6. The average molecular weight is 316 g/mol. The summed E-state index contributed by atoms with van der Waals surface area (Å²) in [6.45, 7) is -0.173. The molecule has 2 rings (SSSR count). The average Bonchev–Trinajstić information content (AvgIpc) is 2.88. The first-order valence-electron chi connectivity index (χ1n) is 6.72. The number of benzene rings is 1. The summed E-state index contributed by atoms with van der Waals surface area (Å²) in [5, 5.41) is 2.62. The smallest absolute Gasteiger partial charge is 0.223 e. The van der Waals surface area contributed by atoms with E-state index in [0.717, 1.165) is 0 Å². The Hall–Kier alpha value is -2.09. The fraction of sp³-hybridized carbons (Fsp3) is 0.429. The molecule has 0 saturated carbocycles. The molecule has 1 aliphatic heterocycles. The van der Waals surface area contributed by atoms with Gasteiger partial charge in [-0.1, -0.05) is 0 Å². The van der Waals surface area contributed by atoms with Crippen LogP contribution in [0.15, 0.2) is 12.1 Å². The van der Waals surface area contributed by atoms with Crippen molar-refractivity contribution in [2.24, 2.45) is 11.7 Å². The number of nitrogens with one attached hydrogen (secondary N) is 1. The first-order valence-corrected chi connectivity index (χ1v) is 6.72. The second-order valence-electron chi connectivity index (χ2n) is 5.05. The third kappa shape index (κ3) is 3.56. The number of ketones is 1. The number of rotatable bonds is 6. The molecule has 1 saturated heterocycles. The molecule has 5 nitrogen and oxygen atoms in total. The lowest BCUT2D eigenvalue weighted by atomic mass is 9.97. The summed E-state index contributed by atoms with van der Waals surface area (Å²) >= 11 is 0. The summed E-state index contributed by atoms with van der Waals surface area (Å²) in [6.07, 6.45) is 0.704. The van der Waals surface area contributed by atoms with Gasteiger partial charge in [-0.25, -0.2) is 8.78 Å². The predicted molar refractivity (Wildman–Crippen MR) is 70.5 cm³/mol. The number of Topliss-reactive ketones (excluding diaryl/α,β-unsaturated/α-hetero) is 1. The van der Waals surface area contributed by atoms with E-state index in [2.05, 4.69) is 5.32 Å². The third-order valence-electron chi connectivity index (χ3n) is 3.48. The van der Waals surface area contributed by atoms with E-state index in [1.54, 1.807) is 0 Å². The van der Waals surface area contributed by atoms with Gasteiger partial charge < -0.3 is 15.8 Å². The molecule has 1 aromatic rings. The van der Waals surface area contributed by atoms with E-state index >= 15 is 0 Å². The molecule has 0 radical (unpaired) electrons. The maximum Gasteiger partial charge on any atom is 0.223 e. The number of carbonyl (C=O) groups excluding carboxylic acids is 2. The molecule has 0 bridgehead atoms. The van der Waals surface area contributed by atoms with E-state index in [4.69, 9.17) is 10.5 Å². The van der Waals surface area contributed by atoms with Gasteiger partial charge in [0.1, 0.15) is 6.61 Å². The van der Waals surface area contributed by atoms with Crippen molar-refractivity contribution >= 4 is 11.7 Å². The highest BCUT2D eigenvalue weighted by Crippen LogP contribution is 2.24. The number of hydrogen-bond donors (Lipinski definition) is 2. The Morgan fingerprint density at radius 3 is 2.68 bits per heavy atom. The Balaban J connectivity index is 1.92. The molecule has 1 aromatic carbocycles. The molecular formula is C14H15F3N2O3. The van der Waals surface area contributed by atoms with Crippen LogP contribution in [0.1, 0.15) is 12.8 Å². The molecule has 1 unspecified atom stereocenters. The molecule has 8 heteroatoms. The highest BCUT2D eigenvalue weighted by atomic mass is 19.2. The minimum Gasteiger partial charge on any atom is -0.480 e. The quantitative estimate of drug-likeness (QED) is 0.764. The Kier molecular flexibility index (Phi) is 5.02. The van der Waals surface area contributed by atoms with Crippen molar-refractivity contribution in [1.29, 1.82) is 0 Å². The van der Waals surface area contributed by atoms with Crippen LogP contribution in [0.25, 0.3) is 0 Å². The molecule has 22 heavy (non-hydrogen) atoms. The van der Waals surface area contributed by atoms with Crippen LogP contribution in [-0.4, -0.2) is 30.9 Å². The van der Waals surface area contributed by atoms with Gasteiger partial charge in [0.15, 0.2) is 23.2 Å². The van der Waals surface area contributed by atoms with Crippen LogP contribution >= 0.6 is 0 Å². The lowest BCUT2D eigenvalue weighted by molar-refractivity contribution is -0.124. The van der Waals surface area contributed by atoms with Gasteiger partial charge in [-0.2, -0.15) is 4.39 Å². The molecule has 0 aliphatic carbocycles. The van der Waals surface area contributed by atoms with Gasteiger partial charge in [0.25, 0.3) is 0 Å². The second-order valence-corrected chi connectivity index (χ2v) is 5.05. The summed E-state index contributed by atoms with van der Waals surface area (Å²) in [5.74, 6) is -6.02. The normalized spacial score (nSPS) is 18.9. The van der Waals surface area contributed by atoms with Gasteiger partial charge >= 0.3 is 0 Å². The van der Waals surface area contributed by atoms with Crippen molar-refractivity contribution in [3.8, 4) is 5.75 Å². The van der Waals surface area contributed by atoms with Crippen LogP contribution in [0.4, 0.5) is 13.2 Å². The van der Waals surface area contributed by atoms with Crippen molar-refractivity contribution in [2.75, 3.05) is 13.2 Å². The zero-order chi connectivity index (χ0) is 16.3. The van der Waals surface area contributed by atoms with Crippen LogP contribution in [0.5, 0.6) is 5.75 Å². The summed E-state index contributed by atoms with van der Waals surface area (Å²) in [5.41, 5.74) is 5.66. The Bertz CT molecular complexity index is 595. The van der Waals surface area contributed by atoms with E-state index in [0.29, 0.717) is 25.1 Å². The summed E-state index contributed by atoms with van der Waals surface area (Å²) < 4.78 is 44.4. The van der Waals surface area contributed by atoms with Crippen molar-refractivity contribution in [2.45, 2.75) is 18.9 Å². The molecule has 120 valence electrons. The molecule has 1 heterocycles. The van der Waals surface area contributed by atoms with Gasteiger partial charge in [-0.15, -0.1) is 0 Å². The maximum absolute atomic E-state index is 13.4.